The summed E-state index contributed by atoms with van der Waals surface area (Å²) in [5.41, 5.74) is 6.63. The molecule has 1 aromatic rings. The second-order valence-electron chi connectivity index (χ2n) is 4.98. The molecule has 0 fully saturated rings. The van der Waals surface area contributed by atoms with E-state index in [-0.39, 0.29) is 18.2 Å². The van der Waals surface area contributed by atoms with E-state index in [1.807, 2.05) is 32.0 Å². The van der Waals surface area contributed by atoms with Crippen molar-refractivity contribution in [1.29, 1.82) is 0 Å². The first-order valence-corrected chi connectivity index (χ1v) is 6.78. The lowest BCUT2D eigenvalue weighted by Crippen LogP contribution is -2.46. The average molecular weight is 278 g/mol. The molecule has 0 saturated carbocycles. The van der Waals surface area contributed by atoms with Crippen molar-refractivity contribution in [2.45, 2.75) is 38.8 Å². The summed E-state index contributed by atoms with van der Waals surface area (Å²) >= 11 is 0. The fraction of sp³-hybridized carbons (Fsp3) is 0.467. The standard InChI is InChI=1S/C15H22N2O3/c1-3-10(2)14(16)15(20)17-12(9-13(18)19)11-7-5-4-6-8-11/h4-8,10,12,14H,3,9,16H2,1-2H3,(H,17,20)(H,18,19). The highest BCUT2D eigenvalue weighted by molar-refractivity contribution is 5.82. The Labute approximate surface area is 119 Å². The molecular weight excluding hydrogens is 256 g/mol. The second kappa shape index (κ2) is 7.65. The predicted octanol–water partition coefficient (Wildman–Crippen LogP) is 1.69. The molecule has 4 N–H and O–H groups in total. The molecule has 1 aromatic carbocycles. The first-order chi connectivity index (χ1) is 9.45. The van der Waals surface area contributed by atoms with Crippen molar-refractivity contribution in [2.75, 3.05) is 0 Å². The van der Waals surface area contributed by atoms with E-state index >= 15 is 0 Å². The number of nitrogens with two attached hydrogens (primary N) is 1. The third kappa shape index (κ3) is 4.66. The van der Waals surface area contributed by atoms with E-state index in [1.54, 1.807) is 12.1 Å². The van der Waals surface area contributed by atoms with Crippen LogP contribution in [0.15, 0.2) is 30.3 Å². The van der Waals surface area contributed by atoms with Crippen molar-refractivity contribution in [3.05, 3.63) is 35.9 Å². The van der Waals surface area contributed by atoms with Crippen LogP contribution in [0.25, 0.3) is 0 Å². The molecule has 0 saturated heterocycles. The molecule has 3 atom stereocenters. The summed E-state index contributed by atoms with van der Waals surface area (Å²) in [6.45, 7) is 3.86. The average Bonchev–Trinajstić information content (AvgIpc) is 2.45. The van der Waals surface area contributed by atoms with E-state index in [2.05, 4.69) is 5.32 Å². The van der Waals surface area contributed by atoms with E-state index in [4.69, 9.17) is 10.8 Å². The van der Waals surface area contributed by atoms with Gasteiger partial charge in [-0.2, -0.15) is 0 Å². The lowest BCUT2D eigenvalue weighted by molar-refractivity contribution is -0.137. The Morgan fingerprint density at radius 3 is 2.40 bits per heavy atom. The van der Waals surface area contributed by atoms with Crippen molar-refractivity contribution in [1.82, 2.24) is 5.32 Å². The van der Waals surface area contributed by atoms with Gasteiger partial charge in [0.25, 0.3) is 0 Å². The van der Waals surface area contributed by atoms with Crippen molar-refractivity contribution in [2.24, 2.45) is 11.7 Å². The molecule has 1 rings (SSSR count). The third-order valence-corrected chi connectivity index (χ3v) is 3.46. The topological polar surface area (TPSA) is 92.4 Å². The Hall–Kier alpha value is -1.88. The van der Waals surface area contributed by atoms with Crippen molar-refractivity contribution >= 4 is 11.9 Å². The number of carboxylic acid groups (broad SMARTS) is 1. The SMILES string of the molecule is CCC(C)C(N)C(=O)NC(CC(=O)O)c1ccccc1. The van der Waals surface area contributed by atoms with Gasteiger partial charge in [0, 0.05) is 0 Å². The Kier molecular flexibility index (Phi) is 6.18. The summed E-state index contributed by atoms with van der Waals surface area (Å²) in [4.78, 5) is 23.0. The van der Waals surface area contributed by atoms with Gasteiger partial charge in [-0.25, -0.2) is 0 Å². The Balaban J connectivity index is 2.80. The normalized spacial score (nSPS) is 15.2. The number of hydrogen-bond acceptors (Lipinski definition) is 3. The zero-order valence-electron chi connectivity index (χ0n) is 11.9. The molecule has 20 heavy (non-hydrogen) atoms. The van der Waals surface area contributed by atoms with Gasteiger partial charge < -0.3 is 16.2 Å². The molecule has 3 unspecified atom stereocenters. The quantitative estimate of drug-likeness (QED) is 0.707. The number of nitrogens with one attached hydrogen (secondary N) is 1. The summed E-state index contributed by atoms with van der Waals surface area (Å²) in [7, 11) is 0. The number of carboxylic acids is 1. The molecule has 5 heteroatoms. The van der Waals surface area contributed by atoms with E-state index in [0.29, 0.717) is 0 Å². The van der Waals surface area contributed by atoms with Crippen molar-refractivity contribution in [3.8, 4) is 0 Å². The minimum Gasteiger partial charge on any atom is -0.481 e. The van der Waals surface area contributed by atoms with Crippen LogP contribution in [-0.2, 0) is 9.59 Å². The lowest BCUT2D eigenvalue weighted by Gasteiger charge is -2.22. The number of carbonyl (C=O) groups is 2. The highest BCUT2D eigenvalue weighted by atomic mass is 16.4. The minimum absolute atomic E-state index is 0.0521. The number of amides is 1. The van der Waals surface area contributed by atoms with Gasteiger partial charge in [0.2, 0.25) is 5.91 Å². The zero-order valence-corrected chi connectivity index (χ0v) is 11.9. The van der Waals surface area contributed by atoms with Gasteiger partial charge in [0.05, 0.1) is 18.5 Å². The fourth-order valence-electron chi connectivity index (χ4n) is 1.89. The molecular formula is C15H22N2O3. The molecule has 0 radical (unpaired) electrons. The first-order valence-electron chi connectivity index (χ1n) is 6.78. The molecule has 0 aromatic heterocycles. The van der Waals surface area contributed by atoms with Gasteiger partial charge in [-0.05, 0) is 11.5 Å². The molecule has 0 aliphatic rings. The van der Waals surface area contributed by atoms with Gasteiger partial charge in [-0.3, -0.25) is 9.59 Å². The number of rotatable bonds is 7. The number of aliphatic carboxylic acids is 1. The summed E-state index contributed by atoms with van der Waals surface area (Å²) in [6, 6.07) is 7.87. The Bertz CT molecular complexity index is 448. The maximum absolute atomic E-state index is 12.1. The van der Waals surface area contributed by atoms with Crippen LogP contribution in [0.3, 0.4) is 0 Å². The molecule has 0 spiro atoms. The zero-order chi connectivity index (χ0) is 15.1. The largest absolute Gasteiger partial charge is 0.481 e. The highest BCUT2D eigenvalue weighted by Crippen LogP contribution is 2.17. The van der Waals surface area contributed by atoms with Crippen LogP contribution in [0, 0.1) is 5.92 Å². The van der Waals surface area contributed by atoms with Crippen LogP contribution in [0.1, 0.15) is 38.3 Å². The summed E-state index contributed by atoms with van der Waals surface area (Å²) in [5.74, 6) is -1.22. The Morgan fingerprint density at radius 1 is 1.30 bits per heavy atom. The van der Waals surface area contributed by atoms with Crippen LogP contribution >= 0.6 is 0 Å². The second-order valence-corrected chi connectivity index (χ2v) is 4.98. The molecule has 110 valence electrons. The van der Waals surface area contributed by atoms with Gasteiger partial charge in [-0.1, -0.05) is 50.6 Å². The van der Waals surface area contributed by atoms with Crippen molar-refractivity contribution < 1.29 is 14.7 Å². The minimum atomic E-state index is -0.962. The molecule has 0 heterocycles. The van der Waals surface area contributed by atoms with Gasteiger partial charge in [-0.15, -0.1) is 0 Å². The van der Waals surface area contributed by atoms with E-state index < -0.39 is 18.1 Å². The summed E-state index contributed by atoms with van der Waals surface area (Å²) in [6.07, 6.45) is 0.631. The molecule has 0 aliphatic carbocycles. The molecule has 1 amide bonds. The highest BCUT2D eigenvalue weighted by Gasteiger charge is 2.24. The molecule has 0 bridgehead atoms. The van der Waals surface area contributed by atoms with Crippen LogP contribution in [0.4, 0.5) is 0 Å². The number of benzene rings is 1. The van der Waals surface area contributed by atoms with E-state index in [9.17, 15) is 9.59 Å². The van der Waals surface area contributed by atoms with Crippen molar-refractivity contribution in [3.63, 3.8) is 0 Å². The summed E-state index contributed by atoms with van der Waals surface area (Å²) in [5, 5.41) is 11.7. The van der Waals surface area contributed by atoms with Gasteiger partial charge >= 0.3 is 5.97 Å². The first kappa shape index (κ1) is 16.2. The van der Waals surface area contributed by atoms with Crippen LogP contribution in [-0.4, -0.2) is 23.0 Å². The third-order valence-electron chi connectivity index (χ3n) is 3.46. The van der Waals surface area contributed by atoms with Gasteiger partial charge in [0.15, 0.2) is 0 Å². The maximum Gasteiger partial charge on any atom is 0.305 e. The summed E-state index contributed by atoms with van der Waals surface area (Å²) < 4.78 is 0. The molecule has 0 aliphatic heterocycles. The van der Waals surface area contributed by atoms with E-state index in [1.165, 1.54) is 0 Å². The lowest BCUT2D eigenvalue weighted by atomic mass is 9.97. The van der Waals surface area contributed by atoms with Gasteiger partial charge in [0.1, 0.15) is 0 Å². The fourth-order valence-corrected chi connectivity index (χ4v) is 1.89. The smallest absolute Gasteiger partial charge is 0.305 e. The van der Waals surface area contributed by atoms with Crippen LogP contribution < -0.4 is 11.1 Å². The Morgan fingerprint density at radius 2 is 1.90 bits per heavy atom. The van der Waals surface area contributed by atoms with Crippen LogP contribution in [0.5, 0.6) is 0 Å². The maximum atomic E-state index is 12.1. The number of hydrogen-bond donors (Lipinski definition) is 3. The van der Waals surface area contributed by atoms with E-state index in [0.717, 1.165) is 12.0 Å². The van der Waals surface area contributed by atoms with Crippen LogP contribution in [0.2, 0.25) is 0 Å². The number of carbonyl (C=O) groups excluding carboxylic acids is 1. The predicted molar refractivity (Wildman–Crippen MR) is 77.0 cm³/mol. The molecule has 5 nitrogen and oxygen atoms in total. The monoisotopic (exact) mass is 278 g/mol.